The number of hydrogen-bond donors (Lipinski definition) is 0. The fourth-order valence-corrected chi connectivity index (χ4v) is 7.50. The molecule has 0 spiro atoms. The smallest absolute Gasteiger partial charge is 0.311 e. The predicted octanol–water partition coefficient (Wildman–Crippen LogP) is 5.56. The van der Waals surface area contributed by atoms with E-state index in [1.165, 1.54) is 32.1 Å². The Morgan fingerprint density at radius 1 is 0.963 bits per heavy atom. The van der Waals surface area contributed by atoms with E-state index in [4.69, 9.17) is 4.74 Å². The molecule has 0 saturated heterocycles. The third kappa shape index (κ3) is 2.99. The van der Waals surface area contributed by atoms with Gasteiger partial charge < -0.3 is 4.74 Å². The SMILES string of the molecule is CC(C)(C)C(=O)O[C@H]1CC[C@H]2[C@@H]3CC[C@@H]4CC(=O)CC[C@]4(C)[C@H]3CC[C@]12C. The molecule has 0 unspecified atom stereocenters. The summed E-state index contributed by atoms with van der Waals surface area (Å²) >= 11 is 0. The van der Waals surface area contributed by atoms with Crippen LogP contribution in [-0.4, -0.2) is 17.9 Å². The van der Waals surface area contributed by atoms with Crippen LogP contribution in [-0.2, 0) is 14.3 Å². The molecular formula is C24H38O3. The summed E-state index contributed by atoms with van der Waals surface area (Å²) in [5, 5.41) is 0. The first-order valence-corrected chi connectivity index (χ1v) is 11.3. The average molecular weight is 375 g/mol. The van der Waals surface area contributed by atoms with E-state index in [-0.39, 0.29) is 17.5 Å². The zero-order valence-electron chi connectivity index (χ0n) is 18.0. The van der Waals surface area contributed by atoms with Crippen LogP contribution in [0, 0.1) is 39.9 Å². The van der Waals surface area contributed by atoms with Crippen LogP contribution in [0.1, 0.15) is 92.4 Å². The second kappa shape index (κ2) is 6.32. The molecule has 3 nitrogen and oxygen atoms in total. The summed E-state index contributed by atoms with van der Waals surface area (Å²) in [6.45, 7) is 10.8. The summed E-state index contributed by atoms with van der Waals surface area (Å²) in [6, 6.07) is 0. The third-order valence-corrected chi connectivity index (χ3v) is 9.26. The first kappa shape index (κ1) is 19.5. The fraction of sp³-hybridized carbons (Fsp3) is 0.917. The number of carbonyl (C=O) groups is 2. The van der Waals surface area contributed by atoms with Crippen LogP contribution in [0.15, 0.2) is 0 Å². The second-order valence-electron chi connectivity index (χ2n) is 11.7. The van der Waals surface area contributed by atoms with E-state index in [2.05, 4.69) is 13.8 Å². The Kier molecular flexibility index (Phi) is 4.56. The summed E-state index contributed by atoms with van der Waals surface area (Å²) in [6.07, 6.45) is 9.99. The Labute approximate surface area is 165 Å². The van der Waals surface area contributed by atoms with Crippen molar-refractivity contribution in [1.29, 1.82) is 0 Å². The molecular weight excluding hydrogens is 336 g/mol. The Morgan fingerprint density at radius 2 is 1.67 bits per heavy atom. The van der Waals surface area contributed by atoms with Gasteiger partial charge in [0.15, 0.2) is 0 Å². The van der Waals surface area contributed by atoms with Gasteiger partial charge in [0.05, 0.1) is 5.41 Å². The highest BCUT2D eigenvalue weighted by molar-refractivity contribution is 5.79. The highest BCUT2D eigenvalue weighted by Crippen LogP contribution is 2.66. The molecule has 3 heteroatoms. The van der Waals surface area contributed by atoms with Gasteiger partial charge in [0.25, 0.3) is 0 Å². The van der Waals surface area contributed by atoms with Gasteiger partial charge >= 0.3 is 5.97 Å². The Bertz CT molecular complexity index is 632. The third-order valence-electron chi connectivity index (χ3n) is 9.26. The molecule has 0 amide bonds. The van der Waals surface area contributed by atoms with Crippen LogP contribution in [0.25, 0.3) is 0 Å². The van der Waals surface area contributed by atoms with E-state index >= 15 is 0 Å². The summed E-state index contributed by atoms with van der Waals surface area (Å²) in [5.41, 5.74) is 0.0832. The van der Waals surface area contributed by atoms with Gasteiger partial charge in [-0.25, -0.2) is 0 Å². The lowest BCUT2D eigenvalue weighted by atomic mass is 9.45. The lowest BCUT2D eigenvalue weighted by Gasteiger charge is -2.60. The minimum atomic E-state index is -0.425. The van der Waals surface area contributed by atoms with E-state index in [1.807, 2.05) is 20.8 Å². The van der Waals surface area contributed by atoms with Crippen LogP contribution < -0.4 is 0 Å². The Hall–Kier alpha value is -0.860. The molecule has 0 aromatic carbocycles. The van der Waals surface area contributed by atoms with Gasteiger partial charge in [0.1, 0.15) is 11.9 Å². The summed E-state index contributed by atoms with van der Waals surface area (Å²) < 4.78 is 6.09. The number of carbonyl (C=O) groups excluding carboxylic acids is 2. The molecule has 0 N–H and O–H groups in total. The van der Waals surface area contributed by atoms with Gasteiger partial charge in [-0.1, -0.05) is 13.8 Å². The molecule has 0 aromatic rings. The zero-order valence-corrected chi connectivity index (χ0v) is 18.0. The molecule has 0 radical (unpaired) electrons. The summed E-state index contributed by atoms with van der Waals surface area (Å²) in [4.78, 5) is 24.6. The fourth-order valence-electron chi connectivity index (χ4n) is 7.50. The lowest BCUT2D eigenvalue weighted by molar-refractivity contribution is -0.172. The average Bonchev–Trinajstić information content (AvgIpc) is 2.91. The van der Waals surface area contributed by atoms with Crippen molar-refractivity contribution < 1.29 is 14.3 Å². The Balaban J connectivity index is 1.54. The summed E-state index contributed by atoms with van der Waals surface area (Å²) in [7, 11) is 0. The monoisotopic (exact) mass is 374 g/mol. The largest absolute Gasteiger partial charge is 0.461 e. The molecule has 7 atom stereocenters. The molecule has 4 rings (SSSR count). The minimum Gasteiger partial charge on any atom is -0.461 e. The van der Waals surface area contributed by atoms with E-state index in [0.717, 1.165) is 37.5 Å². The molecule has 27 heavy (non-hydrogen) atoms. The first-order valence-electron chi connectivity index (χ1n) is 11.3. The van der Waals surface area contributed by atoms with E-state index in [1.54, 1.807) is 0 Å². The maximum Gasteiger partial charge on any atom is 0.311 e. The van der Waals surface area contributed by atoms with Crippen LogP contribution >= 0.6 is 0 Å². The van der Waals surface area contributed by atoms with Crippen molar-refractivity contribution in [2.75, 3.05) is 0 Å². The molecule has 0 heterocycles. The molecule has 4 aliphatic carbocycles. The normalized spacial score (nSPS) is 47.0. The van der Waals surface area contributed by atoms with Crippen LogP contribution in [0.5, 0.6) is 0 Å². The van der Waals surface area contributed by atoms with Gasteiger partial charge in [-0.2, -0.15) is 0 Å². The van der Waals surface area contributed by atoms with Gasteiger partial charge in [0.2, 0.25) is 0 Å². The van der Waals surface area contributed by atoms with Crippen molar-refractivity contribution in [1.82, 2.24) is 0 Å². The van der Waals surface area contributed by atoms with Crippen LogP contribution in [0.2, 0.25) is 0 Å². The van der Waals surface area contributed by atoms with E-state index < -0.39 is 5.41 Å². The topological polar surface area (TPSA) is 43.4 Å². The number of ether oxygens (including phenoxy) is 1. The highest BCUT2D eigenvalue weighted by Gasteiger charge is 2.61. The van der Waals surface area contributed by atoms with Crippen molar-refractivity contribution in [3.63, 3.8) is 0 Å². The second-order valence-corrected chi connectivity index (χ2v) is 11.7. The van der Waals surface area contributed by atoms with Gasteiger partial charge in [-0.15, -0.1) is 0 Å². The first-order chi connectivity index (χ1) is 12.6. The maximum absolute atomic E-state index is 12.5. The predicted molar refractivity (Wildman–Crippen MR) is 106 cm³/mol. The van der Waals surface area contributed by atoms with Crippen molar-refractivity contribution >= 4 is 11.8 Å². The molecule has 0 aromatic heterocycles. The number of esters is 1. The summed E-state index contributed by atoms with van der Waals surface area (Å²) in [5.74, 6) is 3.27. The molecule has 152 valence electrons. The van der Waals surface area contributed by atoms with Gasteiger partial charge in [-0.05, 0) is 94.8 Å². The van der Waals surface area contributed by atoms with Gasteiger partial charge in [-0.3, -0.25) is 9.59 Å². The van der Waals surface area contributed by atoms with E-state index in [0.29, 0.717) is 23.0 Å². The molecule has 4 saturated carbocycles. The standard InChI is InChI=1S/C24H38O3/c1-22(2,3)21(26)27-20-9-8-18-17-7-6-15-14-16(25)10-12-23(15,4)19(17)11-13-24(18,20)5/h15,17-20H,6-14H2,1-5H3/t15-,17+,18+,19+,20+,23+,24+/m1/s1. The van der Waals surface area contributed by atoms with Crippen LogP contribution in [0.3, 0.4) is 0 Å². The van der Waals surface area contributed by atoms with Crippen molar-refractivity contribution in [3.05, 3.63) is 0 Å². The zero-order chi connectivity index (χ0) is 19.6. The maximum atomic E-state index is 12.5. The molecule has 0 bridgehead atoms. The molecule has 0 aliphatic heterocycles. The molecule has 4 aliphatic rings. The molecule has 4 fully saturated rings. The van der Waals surface area contributed by atoms with Crippen molar-refractivity contribution in [2.45, 2.75) is 98.5 Å². The van der Waals surface area contributed by atoms with Gasteiger partial charge in [0, 0.05) is 18.3 Å². The lowest BCUT2D eigenvalue weighted by Crippen LogP contribution is -2.54. The Morgan fingerprint density at radius 3 is 2.37 bits per heavy atom. The number of ketones is 1. The number of rotatable bonds is 1. The number of fused-ring (bicyclic) bond motifs is 5. The van der Waals surface area contributed by atoms with Crippen molar-refractivity contribution in [2.24, 2.45) is 39.9 Å². The number of hydrogen-bond acceptors (Lipinski definition) is 3. The number of Topliss-reactive ketones (excluding diaryl/α,β-unsaturated/α-hetero) is 1. The quantitative estimate of drug-likeness (QED) is 0.565. The van der Waals surface area contributed by atoms with Crippen LogP contribution in [0.4, 0.5) is 0 Å². The minimum absolute atomic E-state index is 0.0436. The van der Waals surface area contributed by atoms with E-state index in [9.17, 15) is 9.59 Å². The highest BCUT2D eigenvalue weighted by atomic mass is 16.5. The van der Waals surface area contributed by atoms with Crippen molar-refractivity contribution in [3.8, 4) is 0 Å².